The summed E-state index contributed by atoms with van der Waals surface area (Å²) in [6, 6.07) is 0.214. The summed E-state index contributed by atoms with van der Waals surface area (Å²) in [5, 5.41) is 2.90. The molecule has 2 rings (SSSR count). The predicted molar refractivity (Wildman–Crippen MR) is 70.7 cm³/mol. The van der Waals surface area contributed by atoms with Gasteiger partial charge in [0.25, 0.3) is 0 Å². The van der Waals surface area contributed by atoms with E-state index in [-0.39, 0.29) is 30.4 Å². The molecule has 0 aromatic rings. The van der Waals surface area contributed by atoms with E-state index in [9.17, 15) is 4.79 Å². The standard InChI is InChI=1S/C14H25NO4/c1-3-11(2)15-13(16)10-17-12-4-6-14(7-5-12)18-8-9-19-14/h11-12H,3-10H2,1-2H3,(H,15,16). The third-order valence-electron chi connectivity index (χ3n) is 3.98. The lowest BCUT2D eigenvalue weighted by Crippen LogP contribution is -2.40. The van der Waals surface area contributed by atoms with Crippen molar-refractivity contribution >= 4 is 5.91 Å². The van der Waals surface area contributed by atoms with Gasteiger partial charge in [0.05, 0.1) is 19.3 Å². The molecule has 1 saturated heterocycles. The number of ether oxygens (including phenoxy) is 3. The molecule has 0 bridgehead atoms. The van der Waals surface area contributed by atoms with Gasteiger partial charge in [-0.25, -0.2) is 0 Å². The summed E-state index contributed by atoms with van der Waals surface area (Å²) in [6.45, 7) is 5.60. The molecule has 19 heavy (non-hydrogen) atoms. The highest BCUT2D eigenvalue weighted by Gasteiger charge is 2.40. The van der Waals surface area contributed by atoms with Crippen LogP contribution < -0.4 is 5.32 Å². The minimum Gasteiger partial charge on any atom is -0.368 e. The Morgan fingerprint density at radius 2 is 2.00 bits per heavy atom. The van der Waals surface area contributed by atoms with Gasteiger partial charge < -0.3 is 19.5 Å². The Hall–Kier alpha value is -0.650. The Balaban J connectivity index is 1.64. The number of hydrogen-bond donors (Lipinski definition) is 1. The summed E-state index contributed by atoms with van der Waals surface area (Å²) in [7, 11) is 0. The Morgan fingerprint density at radius 1 is 1.37 bits per heavy atom. The van der Waals surface area contributed by atoms with Crippen LogP contribution in [0.1, 0.15) is 46.0 Å². The molecule has 0 aromatic carbocycles. The highest BCUT2D eigenvalue weighted by Crippen LogP contribution is 2.36. The Labute approximate surface area is 115 Å². The van der Waals surface area contributed by atoms with Gasteiger partial charge in [0, 0.05) is 18.9 Å². The predicted octanol–water partition coefficient (Wildman–Crippen LogP) is 1.60. The first-order valence-electron chi connectivity index (χ1n) is 7.32. The summed E-state index contributed by atoms with van der Waals surface area (Å²) < 4.78 is 17.0. The molecule has 1 heterocycles. The molecule has 0 aromatic heterocycles. The van der Waals surface area contributed by atoms with E-state index in [1.807, 2.05) is 13.8 Å². The van der Waals surface area contributed by atoms with Gasteiger partial charge in [-0.3, -0.25) is 4.79 Å². The summed E-state index contributed by atoms with van der Waals surface area (Å²) in [6.07, 6.45) is 4.62. The lowest BCUT2D eigenvalue weighted by molar-refractivity contribution is -0.191. The van der Waals surface area contributed by atoms with Crippen LogP contribution in [0.5, 0.6) is 0 Å². The number of hydrogen-bond acceptors (Lipinski definition) is 4. The Kier molecular flexibility index (Phi) is 5.19. The zero-order valence-corrected chi connectivity index (χ0v) is 11.9. The van der Waals surface area contributed by atoms with Crippen LogP contribution in [0.25, 0.3) is 0 Å². The molecule has 5 heteroatoms. The minimum atomic E-state index is -0.348. The fraction of sp³-hybridized carbons (Fsp3) is 0.929. The highest BCUT2D eigenvalue weighted by atomic mass is 16.7. The monoisotopic (exact) mass is 271 g/mol. The zero-order chi connectivity index (χ0) is 13.7. The third-order valence-corrected chi connectivity index (χ3v) is 3.98. The molecular weight excluding hydrogens is 246 g/mol. The number of carbonyl (C=O) groups excluding carboxylic acids is 1. The van der Waals surface area contributed by atoms with Crippen LogP contribution in [0.15, 0.2) is 0 Å². The van der Waals surface area contributed by atoms with Crippen LogP contribution in [0.2, 0.25) is 0 Å². The van der Waals surface area contributed by atoms with Gasteiger partial charge in [-0.05, 0) is 26.2 Å². The summed E-state index contributed by atoms with van der Waals surface area (Å²) in [4.78, 5) is 11.6. The van der Waals surface area contributed by atoms with E-state index in [0.717, 1.165) is 32.1 Å². The summed E-state index contributed by atoms with van der Waals surface area (Å²) in [5.74, 6) is -0.373. The second kappa shape index (κ2) is 6.68. The Morgan fingerprint density at radius 3 is 2.58 bits per heavy atom. The molecule has 1 aliphatic carbocycles. The lowest BCUT2D eigenvalue weighted by atomic mass is 9.92. The van der Waals surface area contributed by atoms with Gasteiger partial charge in [-0.2, -0.15) is 0 Å². The maximum absolute atomic E-state index is 11.6. The quantitative estimate of drug-likeness (QED) is 0.825. The molecule has 2 aliphatic rings. The molecule has 1 saturated carbocycles. The van der Waals surface area contributed by atoms with Crippen molar-refractivity contribution in [1.82, 2.24) is 5.32 Å². The zero-order valence-electron chi connectivity index (χ0n) is 11.9. The molecule has 0 radical (unpaired) electrons. The van der Waals surface area contributed by atoms with E-state index in [0.29, 0.717) is 13.2 Å². The van der Waals surface area contributed by atoms with Gasteiger partial charge in [-0.15, -0.1) is 0 Å². The molecule has 5 nitrogen and oxygen atoms in total. The van der Waals surface area contributed by atoms with Gasteiger partial charge in [0.15, 0.2) is 5.79 Å². The first-order valence-corrected chi connectivity index (χ1v) is 7.32. The van der Waals surface area contributed by atoms with Crippen LogP contribution in [0, 0.1) is 0 Å². The van der Waals surface area contributed by atoms with E-state index in [2.05, 4.69) is 5.32 Å². The fourth-order valence-electron chi connectivity index (χ4n) is 2.60. The van der Waals surface area contributed by atoms with Crippen LogP contribution in [0.3, 0.4) is 0 Å². The van der Waals surface area contributed by atoms with Crippen molar-refractivity contribution in [2.75, 3.05) is 19.8 Å². The lowest BCUT2D eigenvalue weighted by Gasteiger charge is -2.35. The van der Waals surface area contributed by atoms with Crippen molar-refractivity contribution in [2.24, 2.45) is 0 Å². The van der Waals surface area contributed by atoms with Crippen molar-refractivity contribution in [1.29, 1.82) is 0 Å². The number of nitrogens with one attached hydrogen (secondary N) is 1. The van der Waals surface area contributed by atoms with Crippen molar-refractivity contribution < 1.29 is 19.0 Å². The largest absolute Gasteiger partial charge is 0.368 e. The minimum absolute atomic E-state index is 0.0250. The topological polar surface area (TPSA) is 56.8 Å². The number of amides is 1. The molecule has 1 aliphatic heterocycles. The molecule has 1 amide bonds. The van der Waals surface area contributed by atoms with Gasteiger partial charge in [0.1, 0.15) is 6.61 Å². The first-order chi connectivity index (χ1) is 9.13. The van der Waals surface area contributed by atoms with E-state index in [1.54, 1.807) is 0 Å². The molecule has 1 atom stereocenters. The first kappa shape index (κ1) is 14.8. The third kappa shape index (κ3) is 4.16. The molecule has 1 unspecified atom stereocenters. The van der Waals surface area contributed by atoms with E-state index in [4.69, 9.17) is 14.2 Å². The SMILES string of the molecule is CCC(C)NC(=O)COC1CCC2(CC1)OCCO2. The van der Waals surface area contributed by atoms with E-state index < -0.39 is 0 Å². The van der Waals surface area contributed by atoms with Crippen molar-refractivity contribution in [3.63, 3.8) is 0 Å². The smallest absolute Gasteiger partial charge is 0.246 e. The molecule has 1 spiro atoms. The van der Waals surface area contributed by atoms with Crippen LogP contribution >= 0.6 is 0 Å². The second-order valence-electron chi connectivity index (χ2n) is 5.49. The molecular formula is C14H25NO4. The van der Waals surface area contributed by atoms with Crippen LogP contribution in [-0.2, 0) is 19.0 Å². The molecule has 1 N–H and O–H groups in total. The average molecular weight is 271 g/mol. The van der Waals surface area contributed by atoms with Crippen LogP contribution in [-0.4, -0.2) is 43.7 Å². The van der Waals surface area contributed by atoms with Crippen LogP contribution in [0.4, 0.5) is 0 Å². The second-order valence-corrected chi connectivity index (χ2v) is 5.49. The summed E-state index contributed by atoms with van der Waals surface area (Å²) >= 11 is 0. The number of carbonyl (C=O) groups is 1. The van der Waals surface area contributed by atoms with E-state index in [1.165, 1.54) is 0 Å². The average Bonchev–Trinajstić information content (AvgIpc) is 2.86. The van der Waals surface area contributed by atoms with E-state index >= 15 is 0 Å². The van der Waals surface area contributed by atoms with Crippen molar-refractivity contribution in [3.05, 3.63) is 0 Å². The molecule has 110 valence electrons. The van der Waals surface area contributed by atoms with Gasteiger partial charge >= 0.3 is 0 Å². The maximum atomic E-state index is 11.6. The molecule has 2 fully saturated rings. The Bertz CT molecular complexity index is 292. The van der Waals surface area contributed by atoms with Crippen molar-refractivity contribution in [2.45, 2.75) is 63.9 Å². The number of rotatable bonds is 5. The summed E-state index contributed by atoms with van der Waals surface area (Å²) in [5.41, 5.74) is 0. The highest BCUT2D eigenvalue weighted by molar-refractivity contribution is 5.77. The van der Waals surface area contributed by atoms with Gasteiger partial charge in [-0.1, -0.05) is 6.92 Å². The van der Waals surface area contributed by atoms with Gasteiger partial charge in [0.2, 0.25) is 5.91 Å². The normalized spacial score (nSPS) is 24.5. The van der Waals surface area contributed by atoms with Crippen molar-refractivity contribution in [3.8, 4) is 0 Å². The fourth-order valence-corrected chi connectivity index (χ4v) is 2.60. The maximum Gasteiger partial charge on any atom is 0.246 e.